The number of aliphatic carboxylic acids is 2. The topological polar surface area (TPSA) is 253 Å². The Hall–Kier alpha value is -4.10. The first-order valence-electron chi connectivity index (χ1n) is 12.5. The number of nitrogens with two attached hydrogens (primary N) is 3. The third kappa shape index (κ3) is 5.53. The van der Waals surface area contributed by atoms with Crippen LogP contribution in [0.1, 0.15) is 31.4 Å². The number of hydrogen-bond donors (Lipinski definition) is 6. The van der Waals surface area contributed by atoms with Gasteiger partial charge in [-0.15, -0.1) is 27.8 Å². The second-order valence-electron chi connectivity index (χ2n) is 9.56. The number of aromatic nitrogens is 3. The van der Waals surface area contributed by atoms with Crippen LogP contribution in [0, 0.1) is 0 Å². The molecule has 1 saturated carbocycles. The maximum Gasteiger partial charge on any atom is 0.384 e. The van der Waals surface area contributed by atoms with Crippen molar-refractivity contribution in [3.8, 4) is 0 Å². The molecule has 2 atom stereocenters. The fourth-order valence-electron chi connectivity index (χ4n) is 4.71. The smallest absolute Gasteiger partial charge is 0.384 e. The Bertz CT molecular complexity index is 1520. The molecule has 3 aliphatic rings. The fourth-order valence-corrected chi connectivity index (χ4v) is 7.66. The van der Waals surface area contributed by atoms with Crippen molar-refractivity contribution in [1.29, 1.82) is 0 Å². The Morgan fingerprint density at radius 3 is 2.64 bits per heavy atom. The molecule has 0 bridgehead atoms. The summed E-state index contributed by atoms with van der Waals surface area (Å²) in [5, 5.41) is 27.4. The number of carbonyl (C=O) groups is 4. The SMILES string of the molecule is Nc1cc[n+](N)c(SCC2=C(C(=O)O)N3C(=O)C(NC(=O)/C(=N\OC4(C(=O)O)CCCC4)c4csc(N)n4)[C@H]3SC2)n1. The highest BCUT2D eigenvalue weighted by Gasteiger charge is 2.54. The minimum absolute atomic E-state index is 0.0474. The number of amides is 2. The highest BCUT2D eigenvalue weighted by Crippen LogP contribution is 2.41. The zero-order valence-electron chi connectivity index (χ0n) is 21.8. The van der Waals surface area contributed by atoms with E-state index < -0.39 is 40.8 Å². The number of nitrogen functional groups attached to an aromatic ring is 3. The molecule has 19 heteroatoms. The summed E-state index contributed by atoms with van der Waals surface area (Å²) in [5.74, 6) is 2.59. The number of β-lactam (4-membered cyclic amide) rings is 1. The number of oxime groups is 1. The number of thioether (sulfide) groups is 2. The zero-order valence-corrected chi connectivity index (χ0v) is 24.2. The molecule has 2 fully saturated rings. The Labute approximate surface area is 250 Å². The first-order valence-corrected chi connectivity index (χ1v) is 15.4. The minimum atomic E-state index is -1.57. The number of nitrogens with zero attached hydrogens (tertiary/aromatic N) is 5. The van der Waals surface area contributed by atoms with E-state index in [0.29, 0.717) is 23.6 Å². The summed E-state index contributed by atoms with van der Waals surface area (Å²) in [6, 6.07) is 0.444. The van der Waals surface area contributed by atoms with Gasteiger partial charge in [-0.2, -0.15) is 0 Å². The predicted molar refractivity (Wildman–Crippen MR) is 152 cm³/mol. The molecule has 1 saturated heterocycles. The third-order valence-electron chi connectivity index (χ3n) is 6.86. The lowest BCUT2D eigenvalue weighted by atomic mass is 10.0. The average Bonchev–Trinajstić information content (AvgIpc) is 3.61. The molecule has 2 aliphatic heterocycles. The fraction of sp³-hybridized carbons (Fsp3) is 0.391. The van der Waals surface area contributed by atoms with Gasteiger partial charge in [0, 0.05) is 35.8 Å². The van der Waals surface area contributed by atoms with Crippen LogP contribution in [0.3, 0.4) is 0 Å². The molecule has 1 unspecified atom stereocenters. The maximum absolute atomic E-state index is 13.4. The van der Waals surface area contributed by atoms with Crippen LogP contribution in [0.4, 0.5) is 10.9 Å². The number of nitrogens with one attached hydrogen (secondary N) is 1. The van der Waals surface area contributed by atoms with Crippen molar-refractivity contribution in [3.05, 3.63) is 34.6 Å². The minimum Gasteiger partial charge on any atom is -0.478 e. The standard InChI is InChI=1S/C23H25N9O7S3/c24-12-3-6-31(26)22(28-12)42-8-10-7-40-18-14(17(34)32(18)15(10)19(35)36)29-16(33)13(11-9-41-21(25)27-11)30-39-23(20(37)38)4-1-2-5-23/h3,6,9,14,18,24H,1-2,4-5,7-8,26H2,(H5,25,27,29,33,35,36,37,38)/p+1/b30-13-/t14?,18-/m1/s1. The van der Waals surface area contributed by atoms with Gasteiger partial charge in [0.1, 0.15) is 29.0 Å². The first-order chi connectivity index (χ1) is 20.0. The van der Waals surface area contributed by atoms with Crippen LogP contribution in [0.5, 0.6) is 0 Å². The van der Waals surface area contributed by atoms with Gasteiger partial charge in [-0.25, -0.2) is 14.6 Å². The number of carboxylic acids is 2. The van der Waals surface area contributed by atoms with Gasteiger partial charge >= 0.3 is 17.1 Å². The number of anilines is 2. The van der Waals surface area contributed by atoms with Crippen molar-refractivity contribution >= 4 is 75.3 Å². The maximum atomic E-state index is 13.4. The molecule has 1 aliphatic carbocycles. The first kappa shape index (κ1) is 29.4. The average molecular weight is 637 g/mol. The van der Waals surface area contributed by atoms with Crippen LogP contribution in [0.25, 0.3) is 0 Å². The Balaban J connectivity index is 1.34. The van der Waals surface area contributed by atoms with Crippen molar-refractivity contribution in [1.82, 2.24) is 20.2 Å². The number of thiazole rings is 1. The molecule has 0 aromatic carbocycles. The molecule has 16 nitrogen and oxygen atoms in total. The van der Waals surface area contributed by atoms with Crippen molar-refractivity contribution in [2.24, 2.45) is 5.16 Å². The monoisotopic (exact) mass is 636 g/mol. The molecule has 0 spiro atoms. The van der Waals surface area contributed by atoms with Crippen LogP contribution in [0.2, 0.25) is 0 Å². The number of rotatable bonds is 10. The van der Waals surface area contributed by atoms with Gasteiger partial charge < -0.3 is 31.8 Å². The summed E-state index contributed by atoms with van der Waals surface area (Å²) in [7, 11) is 0. The van der Waals surface area contributed by atoms with Gasteiger partial charge in [0.15, 0.2) is 10.8 Å². The zero-order chi connectivity index (χ0) is 30.2. The van der Waals surface area contributed by atoms with E-state index in [9.17, 15) is 29.4 Å². The Morgan fingerprint density at radius 2 is 2.00 bits per heavy atom. The molecule has 222 valence electrons. The summed E-state index contributed by atoms with van der Waals surface area (Å²) in [6.45, 7) is 0. The molecule has 9 N–H and O–H groups in total. The Morgan fingerprint density at radius 1 is 1.26 bits per heavy atom. The van der Waals surface area contributed by atoms with E-state index in [1.165, 1.54) is 45.8 Å². The van der Waals surface area contributed by atoms with Crippen LogP contribution in [0.15, 0.2) is 39.2 Å². The normalized spacial score (nSPS) is 21.5. The van der Waals surface area contributed by atoms with Gasteiger partial charge in [-0.3, -0.25) is 20.3 Å². The quantitative estimate of drug-likeness (QED) is 0.0361. The molecule has 42 heavy (non-hydrogen) atoms. The van der Waals surface area contributed by atoms with Gasteiger partial charge in [0.25, 0.3) is 11.8 Å². The summed E-state index contributed by atoms with van der Waals surface area (Å²) >= 11 is 3.48. The third-order valence-corrected chi connectivity index (χ3v) is 9.92. The summed E-state index contributed by atoms with van der Waals surface area (Å²) in [6.07, 6.45) is 3.21. The van der Waals surface area contributed by atoms with Crippen LogP contribution in [-0.4, -0.2) is 83.1 Å². The van der Waals surface area contributed by atoms with Crippen LogP contribution >= 0.6 is 34.9 Å². The molecule has 2 aromatic heterocycles. The number of carboxylic acid groups (broad SMARTS) is 2. The van der Waals surface area contributed by atoms with Gasteiger partial charge in [0.05, 0.1) is 0 Å². The lowest BCUT2D eigenvalue weighted by molar-refractivity contribution is -0.682. The van der Waals surface area contributed by atoms with E-state index in [2.05, 4.69) is 20.4 Å². The number of fused-ring (bicyclic) bond motifs is 1. The second kappa shape index (κ2) is 11.6. The summed E-state index contributed by atoms with van der Waals surface area (Å²) < 4.78 is 1.25. The molecule has 2 aromatic rings. The van der Waals surface area contributed by atoms with Crippen molar-refractivity contribution in [3.63, 3.8) is 0 Å². The molecule has 4 heterocycles. The van der Waals surface area contributed by atoms with E-state index >= 15 is 0 Å². The summed E-state index contributed by atoms with van der Waals surface area (Å²) in [4.78, 5) is 65.5. The van der Waals surface area contributed by atoms with Crippen molar-refractivity contribution < 1.29 is 38.9 Å². The van der Waals surface area contributed by atoms with E-state index in [-0.39, 0.29) is 52.4 Å². The van der Waals surface area contributed by atoms with Crippen LogP contribution in [-0.2, 0) is 24.0 Å². The Kier molecular flexibility index (Phi) is 8.15. The van der Waals surface area contributed by atoms with Gasteiger partial charge in [-0.1, -0.05) is 5.16 Å². The number of carbonyl (C=O) groups excluding carboxylic acids is 2. The van der Waals surface area contributed by atoms with Crippen molar-refractivity contribution in [2.45, 2.75) is 47.9 Å². The highest BCUT2D eigenvalue weighted by molar-refractivity contribution is 8.01. The largest absolute Gasteiger partial charge is 0.478 e. The second-order valence-corrected chi connectivity index (χ2v) is 12.5. The molecular weight excluding hydrogens is 611 g/mol. The molecule has 0 radical (unpaired) electrons. The highest BCUT2D eigenvalue weighted by atomic mass is 32.2. The lowest BCUT2D eigenvalue weighted by Gasteiger charge is -2.49. The van der Waals surface area contributed by atoms with Gasteiger partial charge in [0.2, 0.25) is 11.4 Å². The van der Waals surface area contributed by atoms with E-state index in [1.54, 1.807) is 0 Å². The predicted octanol–water partition coefficient (Wildman–Crippen LogP) is -0.647. The van der Waals surface area contributed by atoms with E-state index in [1.807, 2.05) is 0 Å². The molecular formula is C23H26N9O7S3+. The number of hydrogen-bond acceptors (Lipinski definition) is 14. The summed E-state index contributed by atoms with van der Waals surface area (Å²) in [5.41, 5.74) is 9.87. The van der Waals surface area contributed by atoms with Crippen molar-refractivity contribution in [2.75, 3.05) is 28.8 Å². The molecule has 2 amide bonds. The van der Waals surface area contributed by atoms with Crippen LogP contribution < -0.4 is 27.3 Å². The molecule has 5 rings (SSSR count). The van der Waals surface area contributed by atoms with E-state index in [0.717, 1.165) is 16.2 Å². The van der Waals surface area contributed by atoms with Gasteiger partial charge in [-0.05, 0) is 35.2 Å². The van der Waals surface area contributed by atoms with E-state index in [4.69, 9.17) is 22.1 Å². The lowest BCUT2D eigenvalue weighted by Crippen LogP contribution is -2.71.